The second-order valence-corrected chi connectivity index (χ2v) is 5.26. The molecule has 4 heteroatoms. The van der Waals surface area contributed by atoms with Crippen molar-refractivity contribution in [2.75, 3.05) is 5.73 Å². The molecule has 0 aliphatic rings. The van der Waals surface area contributed by atoms with Crippen molar-refractivity contribution in [2.45, 2.75) is 0 Å². The third kappa shape index (κ3) is 3.21. The number of anilines is 1. The summed E-state index contributed by atoms with van der Waals surface area (Å²) in [6.07, 6.45) is 0. The molecular weight excluding hydrogens is 301 g/mol. The molecule has 0 fully saturated rings. The minimum atomic E-state index is -0.352. The first-order chi connectivity index (χ1) is 10.6. The van der Waals surface area contributed by atoms with E-state index in [1.807, 2.05) is 18.2 Å². The fraction of sp³-hybridized carbons (Fsp3) is 0. The van der Waals surface area contributed by atoms with Gasteiger partial charge in [-0.3, -0.25) is 0 Å². The van der Waals surface area contributed by atoms with Gasteiger partial charge in [0.05, 0.1) is 0 Å². The lowest BCUT2D eigenvalue weighted by atomic mass is 10.0. The summed E-state index contributed by atoms with van der Waals surface area (Å²) in [6, 6.07) is 18.8. The molecule has 0 spiro atoms. The lowest BCUT2D eigenvalue weighted by Gasteiger charge is -2.12. The predicted molar refractivity (Wildman–Crippen MR) is 87.8 cm³/mol. The molecule has 0 unspecified atom stereocenters. The monoisotopic (exact) mass is 313 g/mol. The number of hydrogen-bond donors (Lipinski definition) is 1. The van der Waals surface area contributed by atoms with Crippen LogP contribution in [0.25, 0.3) is 11.1 Å². The summed E-state index contributed by atoms with van der Waals surface area (Å²) in [5.74, 6) is 0.628. The lowest BCUT2D eigenvalue weighted by molar-refractivity contribution is 0.479. The molecule has 0 aromatic heterocycles. The molecule has 0 radical (unpaired) electrons. The molecule has 3 rings (SSSR count). The SMILES string of the molecule is Nc1ccc(-c2ccc(Cl)cc2)c(Oc2cccc(F)c2)c1. The van der Waals surface area contributed by atoms with E-state index >= 15 is 0 Å². The van der Waals surface area contributed by atoms with Gasteiger partial charge in [0.1, 0.15) is 17.3 Å². The minimum absolute atomic E-state index is 0.352. The van der Waals surface area contributed by atoms with Gasteiger partial charge in [0, 0.05) is 28.4 Å². The zero-order valence-electron chi connectivity index (χ0n) is 11.6. The highest BCUT2D eigenvalue weighted by atomic mass is 35.5. The van der Waals surface area contributed by atoms with Crippen LogP contribution >= 0.6 is 11.6 Å². The summed E-state index contributed by atoms with van der Waals surface area (Å²) in [5, 5.41) is 0.659. The van der Waals surface area contributed by atoms with Gasteiger partial charge in [0.15, 0.2) is 0 Å². The Labute approximate surface area is 132 Å². The highest BCUT2D eigenvalue weighted by Gasteiger charge is 2.09. The maximum Gasteiger partial charge on any atom is 0.137 e. The molecule has 0 aliphatic heterocycles. The summed E-state index contributed by atoms with van der Waals surface area (Å²) in [6.45, 7) is 0. The number of ether oxygens (including phenoxy) is 1. The quantitative estimate of drug-likeness (QED) is 0.646. The first-order valence-electron chi connectivity index (χ1n) is 6.71. The van der Waals surface area contributed by atoms with Crippen LogP contribution in [0.2, 0.25) is 5.02 Å². The van der Waals surface area contributed by atoms with Crippen molar-refractivity contribution < 1.29 is 9.13 Å². The molecular formula is C18H13ClFNO. The predicted octanol–water partition coefficient (Wildman–Crippen LogP) is 5.52. The molecule has 3 aromatic carbocycles. The Morgan fingerprint density at radius 2 is 1.68 bits per heavy atom. The molecule has 0 saturated carbocycles. The average Bonchev–Trinajstić information content (AvgIpc) is 2.49. The second-order valence-electron chi connectivity index (χ2n) is 4.82. The van der Waals surface area contributed by atoms with Crippen molar-refractivity contribution in [1.82, 2.24) is 0 Å². The fourth-order valence-corrected chi connectivity index (χ4v) is 2.27. The average molecular weight is 314 g/mol. The third-order valence-corrected chi connectivity index (χ3v) is 3.44. The topological polar surface area (TPSA) is 35.2 Å². The number of rotatable bonds is 3. The van der Waals surface area contributed by atoms with Gasteiger partial charge in [-0.2, -0.15) is 0 Å². The van der Waals surface area contributed by atoms with E-state index in [0.29, 0.717) is 22.2 Å². The Bertz CT molecular complexity index is 802. The van der Waals surface area contributed by atoms with Crippen LogP contribution in [0.5, 0.6) is 11.5 Å². The van der Waals surface area contributed by atoms with E-state index in [1.54, 1.807) is 36.4 Å². The Morgan fingerprint density at radius 1 is 0.909 bits per heavy atom. The molecule has 0 saturated heterocycles. The maximum absolute atomic E-state index is 13.3. The van der Waals surface area contributed by atoms with Crippen LogP contribution in [-0.4, -0.2) is 0 Å². The van der Waals surface area contributed by atoms with Crippen molar-refractivity contribution in [1.29, 1.82) is 0 Å². The Balaban J connectivity index is 2.02. The van der Waals surface area contributed by atoms with Crippen LogP contribution < -0.4 is 10.5 Å². The summed E-state index contributed by atoms with van der Waals surface area (Å²) < 4.78 is 19.1. The van der Waals surface area contributed by atoms with E-state index in [1.165, 1.54) is 12.1 Å². The molecule has 2 N–H and O–H groups in total. The highest BCUT2D eigenvalue weighted by Crippen LogP contribution is 2.35. The molecule has 3 aromatic rings. The van der Waals surface area contributed by atoms with Crippen LogP contribution in [0.1, 0.15) is 0 Å². The van der Waals surface area contributed by atoms with E-state index in [4.69, 9.17) is 22.1 Å². The molecule has 110 valence electrons. The zero-order chi connectivity index (χ0) is 15.5. The largest absolute Gasteiger partial charge is 0.457 e. The fourth-order valence-electron chi connectivity index (χ4n) is 2.15. The van der Waals surface area contributed by atoms with E-state index in [9.17, 15) is 4.39 Å². The number of hydrogen-bond acceptors (Lipinski definition) is 2. The van der Waals surface area contributed by atoms with Crippen LogP contribution in [0.4, 0.5) is 10.1 Å². The third-order valence-electron chi connectivity index (χ3n) is 3.18. The van der Waals surface area contributed by atoms with E-state index in [2.05, 4.69) is 0 Å². The summed E-state index contributed by atoms with van der Waals surface area (Å²) in [4.78, 5) is 0. The number of nitrogen functional groups attached to an aromatic ring is 1. The maximum atomic E-state index is 13.3. The van der Waals surface area contributed by atoms with Crippen LogP contribution in [0, 0.1) is 5.82 Å². The van der Waals surface area contributed by atoms with Gasteiger partial charge in [-0.25, -0.2) is 4.39 Å². The van der Waals surface area contributed by atoms with Crippen molar-refractivity contribution in [3.63, 3.8) is 0 Å². The first kappa shape index (κ1) is 14.4. The van der Waals surface area contributed by atoms with E-state index < -0.39 is 0 Å². The van der Waals surface area contributed by atoms with Gasteiger partial charge in [0.2, 0.25) is 0 Å². The normalized spacial score (nSPS) is 10.5. The van der Waals surface area contributed by atoms with Crippen molar-refractivity contribution >= 4 is 17.3 Å². The number of nitrogens with two attached hydrogens (primary N) is 1. The first-order valence-corrected chi connectivity index (χ1v) is 7.08. The minimum Gasteiger partial charge on any atom is -0.457 e. The number of halogens is 2. The van der Waals surface area contributed by atoms with Crippen molar-refractivity contribution in [2.24, 2.45) is 0 Å². The molecule has 0 aliphatic carbocycles. The van der Waals surface area contributed by atoms with Crippen molar-refractivity contribution in [3.8, 4) is 22.6 Å². The molecule has 0 bridgehead atoms. The number of benzene rings is 3. The zero-order valence-corrected chi connectivity index (χ0v) is 12.3. The van der Waals surface area contributed by atoms with Crippen LogP contribution in [0.15, 0.2) is 66.7 Å². The van der Waals surface area contributed by atoms with Gasteiger partial charge in [-0.05, 0) is 42.0 Å². The Hall–Kier alpha value is -2.52. The van der Waals surface area contributed by atoms with Crippen LogP contribution in [-0.2, 0) is 0 Å². The molecule has 0 amide bonds. The smallest absolute Gasteiger partial charge is 0.137 e. The highest BCUT2D eigenvalue weighted by molar-refractivity contribution is 6.30. The van der Waals surface area contributed by atoms with Gasteiger partial charge in [0.25, 0.3) is 0 Å². The molecule has 2 nitrogen and oxygen atoms in total. The molecule has 22 heavy (non-hydrogen) atoms. The van der Waals surface area contributed by atoms with Gasteiger partial charge < -0.3 is 10.5 Å². The summed E-state index contributed by atoms with van der Waals surface area (Å²) in [5.41, 5.74) is 8.21. The standard InChI is InChI=1S/C18H13ClFNO/c19-13-6-4-12(5-7-13)17-9-8-15(21)11-18(17)22-16-3-1-2-14(20)10-16/h1-11H,21H2. The Kier molecular flexibility index (Phi) is 3.98. The van der Waals surface area contributed by atoms with Gasteiger partial charge in [-0.1, -0.05) is 29.8 Å². The summed E-state index contributed by atoms with van der Waals surface area (Å²) >= 11 is 5.92. The molecule has 0 heterocycles. The van der Waals surface area contributed by atoms with Gasteiger partial charge >= 0.3 is 0 Å². The second kappa shape index (κ2) is 6.08. The summed E-state index contributed by atoms with van der Waals surface area (Å²) in [7, 11) is 0. The molecule has 0 atom stereocenters. The van der Waals surface area contributed by atoms with Crippen molar-refractivity contribution in [3.05, 3.63) is 77.6 Å². The van der Waals surface area contributed by atoms with E-state index in [-0.39, 0.29) is 5.82 Å². The van der Waals surface area contributed by atoms with Gasteiger partial charge in [-0.15, -0.1) is 0 Å². The Morgan fingerprint density at radius 3 is 2.41 bits per heavy atom. The van der Waals surface area contributed by atoms with Crippen LogP contribution in [0.3, 0.4) is 0 Å². The van der Waals surface area contributed by atoms with E-state index in [0.717, 1.165) is 11.1 Å². The lowest BCUT2D eigenvalue weighted by Crippen LogP contribution is -1.92.